The third kappa shape index (κ3) is 1.64. The van der Waals surface area contributed by atoms with Crippen molar-refractivity contribution in [2.24, 2.45) is 0 Å². The van der Waals surface area contributed by atoms with E-state index < -0.39 is 5.97 Å². The highest BCUT2D eigenvalue weighted by Crippen LogP contribution is 2.40. The Morgan fingerprint density at radius 1 is 1.40 bits per heavy atom. The van der Waals surface area contributed by atoms with E-state index in [1.54, 1.807) is 6.07 Å². The maximum Gasteiger partial charge on any atom is 0.348 e. The Hall–Kier alpha value is -2.54. The van der Waals surface area contributed by atoms with Gasteiger partial charge in [-0.1, -0.05) is 0 Å². The van der Waals surface area contributed by atoms with Gasteiger partial charge in [-0.15, -0.1) is 11.3 Å². The first-order valence-electron chi connectivity index (χ1n) is 5.64. The number of aromatic carboxylic acids is 1. The molecule has 0 saturated carbocycles. The number of hydrogen-bond acceptors (Lipinski definition) is 6. The third-order valence-electron chi connectivity index (χ3n) is 3.05. The summed E-state index contributed by atoms with van der Waals surface area (Å²) in [7, 11) is 1.45. The van der Waals surface area contributed by atoms with Gasteiger partial charge in [-0.2, -0.15) is 0 Å². The third-order valence-corrected chi connectivity index (χ3v) is 4.29. The summed E-state index contributed by atoms with van der Waals surface area (Å²) in [5.41, 5.74) is 6.63. The Balaban J connectivity index is 2.44. The minimum Gasteiger partial charge on any atom is -0.504 e. The summed E-state index contributed by atoms with van der Waals surface area (Å²) >= 11 is 1.07. The Morgan fingerprint density at radius 2 is 2.15 bits per heavy atom. The van der Waals surface area contributed by atoms with Crippen molar-refractivity contribution in [3.05, 3.63) is 23.2 Å². The number of aromatic hydroxyl groups is 1. The maximum absolute atomic E-state index is 11.1. The zero-order valence-electron chi connectivity index (χ0n) is 10.4. The van der Waals surface area contributed by atoms with E-state index in [9.17, 15) is 9.90 Å². The molecule has 0 unspecified atom stereocenters. The number of phenols is 1. The number of nitrogens with two attached hydrogens (primary N) is 1. The second-order valence-electron chi connectivity index (χ2n) is 4.19. The molecule has 0 radical (unpaired) electrons. The van der Waals surface area contributed by atoms with Gasteiger partial charge in [0.05, 0.1) is 18.3 Å². The minimum absolute atomic E-state index is 0.0295. The number of phenolic OH excluding ortho intramolecular Hbond substituents is 1. The molecule has 2 aromatic heterocycles. The number of nitrogens with zero attached hydrogens (tertiary/aromatic N) is 1. The second-order valence-corrected chi connectivity index (χ2v) is 5.21. The van der Waals surface area contributed by atoms with Gasteiger partial charge in [-0.3, -0.25) is 4.98 Å². The molecule has 0 aliphatic carbocycles. The number of carboxylic acids is 1. The fourth-order valence-corrected chi connectivity index (χ4v) is 3.15. The van der Waals surface area contributed by atoms with Crippen LogP contribution in [0.25, 0.3) is 21.0 Å². The molecule has 20 heavy (non-hydrogen) atoms. The van der Waals surface area contributed by atoms with Crippen molar-refractivity contribution >= 4 is 44.0 Å². The molecular weight excluding hydrogens is 280 g/mol. The van der Waals surface area contributed by atoms with E-state index in [4.69, 9.17) is 15.6 Å². The quantitative estimate of drug-likeness (QED) is 0.669. The molecule has 7 heteroatoms. The van der Waals surface area contributed by atoms with Crippen LogP contribution in [0.2, 0.25) is 0 Å². The Bertz CT molecular complexity index is 857. The minimum atomic E-state index is -1.07. The first-order chi connectivity index (χ1) is 9.52. The summed E-state index contributed by atoms with van der Waals surface area (Å²) in [6.45, 7) is 0. The van der Waals surface area contributed by atoms with Crippen molar-refractivity contribution in [2.75, 3.05) is 12.8 Å². The molecule has 1 aromatic carbocycles. The largest absolute Gasteiger partial charge is 0.504 e. The number of carboxylic acid groups (broad SMARTS) is 1. The number of ether oxygens (including phenoxy) is 1. The maximum atomic E-state index is 11.1. The van der Waals surface area contributed by atoms with Crippen LogP contribution in [0, 0.1) is 0 Å². The van der Waals surface area contributed by atoms with E-state index in [0.29, 0.717) is 26.7 Å². The SMILES string of the molecule is COc1cc2ncc3c(N)c(C(=O)O)sc3c2cc1O. The van der Waals surface area contributed by atoms with E-state index in [1.807, 2.05) is 0 Å². The number of carbonyl (C=O) groups is 1. The summed E-state index contributed by atoms with van der Waals surface area (Å²) in [5, 5.41) is 20.2. The van der Waals surface area contributed by atoms with Crippen LogP contribution >= 0.6 is 11.3 Å². The molecule has 0 fully saturated rings. The molecule has 0 aliphatic rings. The summed E-state index contributed by atoms with van der Waals surface area (Å²) in [4.78, 5) is 15.4. The number of aromatic nitrogens is 1. The van der Waals surface area contributed by atoms with Gasteiger partial charge in [0.15, 0.2) is 11.5 Å². The van der Waals surface area contributed by atoms with Crippen LogP contribution in [0.3, 0.4) is 0 Å². The lowest BCUT2D eigenvalue weighted by Gasteiger charge is -2.05. The average molecular weight is 290 g/mol. The van der Waals surface area contributed by atoms with Gasteiger partial charge in [0.25, 0.3) is 0 Å². The number of benzene rings is 1. The Labute approximate surface area is 117 Å². The van der Waals surface area contributed by atoms with Crippen LogP contribution in [0.5, 0.6) is 11.5 Å². The Morgan fingerprint density at radius 3 is 2.80 bits per heavy atom. The van der Waals surface area contributed by atoms with Crippen molar-refractivity contribution in [3.8, 4) is 11.5 Å². The van der Waals surface area contributed by atoms with Crippen LogP contribution in [0.15, 0.2) is 18.3 Å². The first-order valence-corrected chi connectivity index (χ1v) is 6.45. The molecule has 3 rings (SSSR count). The predicted molar refractivity (Wildman–Crippen MR) is 76.7 cm³/mol. The van der Waals surface area contributed by atoms with E-state index >= 15 is 0 Å². The number of thiophene rings is 1. The molecule has 0 spiro atoms. The predicted octanol–water partition coefficient (Wildman–Crippen LogP) is 2.44. The van der Waals surface area contributed by atoms with Crippen molar-refractivity contribution in [2.45, 2.75) is 0 Å². The molecule has 6 nitrogen and oxygen atoms in total. The second kappa shape index (κ2) is 4.24. The van der Waals surface area contributed by atoms with Gasteiger partial charge in [-0.05, 0) is 6.07 Å². The van der Waals surface area contributed by atoms with Crippen LogP contribution in [-0.4, -0.2) is 28.3 Å². The van der Waals surface area contributed by atoms with Gasteiger partial charge in [0, 0.05) is 27.7 Å². The summed E-state index contributed by atoms with van der Waals surface area (Å²) in [5.74, 6) is -0.792. The topological polar surface area (TPSA) is 106 Å². The van der Waals surface area contributed by atoms with E-state index in [1.165, 1.54) is 19.4 Å². The molecular formula is C13H10N2O4S. The van der Waals surface area contributed by atoms with Crippen molar-refractivity contribution in [3.63, 3.8) is 0 Å². The number of rotatable bonds is 2. The number of nitrogen functional groups attached to an aromatic ring is 1. The van der Waals surface area contributed by atoms with Crippen molar-refractivity contribution < 1.29 is 19.7 Å². The van der Waals surface area contributed by atoms with E-state index in [0.717, 1.165) is 11.3 Å². The molecule has 0 saturated heterocycles. The number of hydrogen-bond donors (Lipinski definition) is 3. The summed E-state index contributed by atoms with van der Waals surface area (Å²) in [6, 6.07) is 3.10. The van der Waals surface area contributed by atoms with Crippen LogP contribution < -0.4 is 10.5 Å². The highest BCUT2D eigenvalue weighted by Gasteiger charge is 2.18. The van der Waals surface area contributed by atoms with Crippen LogP contribution in [-0.2, 0) is 0 Å². The normalized spacial score (nSPS) is 11.1. The molecule has 0 amide bonds. The van der Waals surface area contributed by atoms with Gasteiger partial charge < -0.3 is 20.7 Å². The smallest absolute Gasteiger partial charge is 0.348 e. The summed E-state index contributed by atoms with van der Waals surface area (Å²) in [6.07, 6.45) is 1.53. The van der Waals surface area contributed by atoms with Crippen molar-refractivity contribution in [1.82, 2.24) is 4.98 Å². The number of fused-ring (bicyclic) bond motifs is 3. The Kier molecular flexibility index (Phi) is 2.65. The highest BCUT2D eigenvalue weighted by molar-refractivity contribution is 7.22. The molecule has 4 N–H and O–H groups in total. The number of anilines is 1. The monoisotopic (exact) mass is 290 g/mol. The van der Waals surface area contributed by atoms with Gasteiger partial charge in [-0.25, -0.2) is 4.79 Å². The standard InChI is InChI=1S/C13H10N2O4S/c1-19-9-3-7-5(2-8(9)16)11-6(4-15-7)10(14)12(20-11)13(17)18/h2-4,16H,14H2,1H3,(H,17,18). The van der Waals surface area contributed by atoms with Gasteiger partial charge in [0.1, 0.15) is 4.88 Å². The van der Waals surface area contributed by atoms with Crippen LogP contribution in [0.1, 0.15) is 9.67 Å². The zero-order valence-corrected chi connectivity index (χ0v) is 11.2. The molecule has 0 atom stereocenters. The van der Waals surface area contributed by atoms with Gasteiger partial charge in [0.2, 0.25) is 0 Å². The number of methoxy groups -OCH3 is 1. The van der Waals surface area contributed by atoms with Gasteiger partial charge >= 0.3 is 5.97 Å². The fourth-order valence-electron chi connectivity index (χ4n) is 2.09. The molecule has 2 heterocycles. The van der Waals surface area contributed by atoms with E-state index in [2.05, 4.69) is 4.98 Å². The molecule has 0 aliphatic heterocycles. The fraction of sp³-hybridized carbons (Fsp3) is 0.0769. The average Bonchev–Trinajstić information content (AvgIpc) is 2.76. The number of pyridine rings is 1. The lowest BCUT2D eigenvalue weighted by atomic mass is 10.1. The highest BCUT2D eigenvalue weighted by atomic mass is 32.1. The van der Waals surface area contributed by atoms with Crippen molar-refractivity contribution in [1.29, 1.82) is 0 Å². The van der Waals surface area contributed by atoms with E-state index in [-0.39, 0.29) is 16.3 Å². The first kappa shape index (κ1) is 12.5. The molecule has 3 aromatic rings. The van der Waals surface area contributed by atoms with Crippen LogP contribution in [0.4, 0.5) is 5.69 Å². The zero-order chi connectivity index (χ0) is 14.4. The lowest BCUT2D eigenvalue weighted by molar-refractivity contribution is 0.0703. The lowest BCUT2D eigenvalue weighted by Crippen LogP contribution is -1.97. The molecule has 102 valence electrons. The molecule has 0 bridgehead atoms. The summed E-state index contributed by atoms with van der Waals surface area (Å²) < 4.78 is 5.71.